The molecule has 0 aliphatic heterocycles. The highest BCUT2D eigenvalue weighted by atomic mass is 79.9. The summed E-state index contributed by atoms with van der Waals surface area (Å²) in [7, 11) is 0. The monoisotopic (exact) mass is 321 g/mol. The fourth-order valence-electron chi connectivity index (χ4n) is 1.96. The van der Waals surface area contributed by atoms with Crippen molar-refractivity contribution in [3.63, 3.8) is 0 Å². The van der Waals surface area contributed by atoms with E-state index in [0.29, 0.717) is 11.0 Å². The van der Waals surface area contributed by atoms with Gasteiger partial charge in [-0.1, -0.05) is 23.7 Å². The second kappa shape index (κ2) is 4.30. The van der Waals surface area contributed by atoms with E-state index >= 15 is 0 Å². The molecule has 1 aromatic heterocycles. The SMILES string of the molecule is Nc1nc2cc(Cl)ccc2n1-c1ccccc1Br. The highest BCUT2D eigenvalue weighted by Gasteiger charge is 2.12. The average Bonchev–Trinajstić information content (AvgIpc) is 2.65. The van der Waals surface area contributed by atoms with Gasteiger partial charge in [0.1, 0.15) is 0 Å². The van der Waals surface area contributed by atoms with Gasteiger partial charge in [-0.15, -0.1) is 0 Å². The van der Waals surface area contributed by atoms with E-state index in [0.717, 1.165) is 21.2 Å². The number of nitrogens with two attached hydrogens (primary N) is 1. The standard InChI is InChI=1S/C13H9BrClN3/c14-9-3-1-2-4-11(9)18-12-6-5-8(15)7-10(12)17-13(18)16/h1-7H,(H2,16,17). The predicted octanol–water partition coefficient (Wildman–Crippen LogP) is 4.02. The van der Waals surface area contributed by atoms with Crippen LogP contribution in [0.2, 0.25) is 5.02 Å². The van der Waals surface area contributed by atoms with E-state index in [2.05, 4.69) is 20.9 Å². The van der Waals surface area contributed by atoms with Crippen LogP contribution >= 0.6 is 27.5 Å². The normalized spacial score (nSPS) is 11.0. The van der Waals surface area contributed by atoms with Crippen LogP contribution in [-0.4, -0.2) is 9.55 Å². The third-order valence-electron chi connectivity index (χ3n) is 2.74. The Morgan fingerprint density at radius 3 is 2.72 bits per heavy atom. The van der Waals surface area contributed by atoms with Crippen molar-refractivity contribution in [1.29, 1.82) is 0 Å². The first-order chi connectivity index (χ1) is 8.66. The molecule has 0 bridgehead atoms. The van der Waals surface area contributed by atoms with Crippen molar-refractivity contribution in [3.05, 3.63) is 52.0 Å². The Kier molecular flexibility index (Phi) is 2.76. The largest absolute Gasteiger partial charge is 0.369 e. The molecule has 3 aromatic rings. The number of nitrogens with zero attached hydrogens (tertiary/aromatic N) is 2. The van der Waals surface area contributed by atoms with Crippen LogP contribution in [0, 0.1) is 0 Å². The molecule has 5 heteroatoms. The second-order valence-corrected chi connectivity index (χ2v) is 5.18. The molecule has 0 fully saturated rings. The summed E-state index contributed by atoms with van der Waals surface area (Å²) < 4.78 is 2.86. The molecule has 0 saturated carbocycles. The number of nitrogen functional groups attached to an aromatic ring is 1. The van der Waals surface area contributed by atoms with E-state index in [-0.39, 0.29) is 0 Å². The van der Waals surface area contributed by atoms with E-state index in [9.17, 15) is 0 Å². The molecule has 90 valence electrons. The number of benzene rings is 2. The molecule has 18 heavy (non-hydrogen) atoms. The van der Waals surface area contributed by atoms with Gasteiger partial charge in [0.25, 0.3) is 0 Å². The summed E-state index contributed by atoms with van der Waals surface area (Å²) in [6.07, 6.45) is 0. The number of hydrogen-bond acceptors (Lipinski definition) is 2. The van der Waals surface area contributed by atoms with Crippen molar-refractivity contribution >= 4 is 44.5 Å². The first kappa shape index (κ1) is 11.6. The van der Waals surface area contributed by atoms with Crippen molar-refractivity contribution in [3.8, 4) is 5.69 Å². The first-order valence-corrected chi connectivity index (χ1v) is 6.52. The topological polar surface area (TPSA) is 43.8 Å². The Bertz CT molecular complexity index is 736. The maximum Gasteiger partial charge on any atom is 0.205 e. The number of para-hydroxylation sites is 1. The van der Waals surface area contributed by atoms with E-state index < -0.39 is 0 Å². The Morgan fingerprint density at radius 2 is 1.94 bits per heavy atom. The third-order valence-corrected chi connectivity index (χ3v) is 3.64. The van der Waals surface area contributed by atoms with Gasteiger partial charge >= 0.3 is 0 Å². The lowest BCUT2D eigenvalue weighted by Gasteiger charge is -2.08. The zero-order valence-electron chi connectivity index (χ0n) is 9.27. The molecule has 0 spiro atoms. The van der Waals surface area contributed by atoms with Gasteiger partial charge in [-0.05, 0) is 46.3 Å². The van der Waals surface area contributed by atoms with Gasteiger partial charge in [0, 0.05) is 9.50 Å². The number of rotatable bonds is 1. The molecule has 0 unspecified atom stereocenters. The van der Waals surface area contributed by atoms with Crippen LogP contribution in [0.15, 0.2) is 46.9 Å². The van der Waals surface area contributed by atoms with Gasteiger partial charge in [0.05, 0.1) is 16.7 Å². The number of imidazole rings is 1. The molecule has 0 radical (unpaired) electrons. The third kappa shape index (κ3) is 1.78. The molecule has 2 aromatic carbocycles. The summed E-state index contributed by atoms with van der Waals surface area (Å²) in [5.74, 6) is 0.444. The van der Waals surface area contributed by atoms with Crippen molar-refractivity contribution in [2.45, 2.75) is 0 Å². The fraction of sp³-hybridized carbons (Fsp3) is 0. The lowest BCUT2D eigenvalue weighted by atomic mass is 10.3. The van der Waals surface area contributed by atoms with Gasteiger partial charge in [-0.25, -0.2) is 4.98 Å². The second-order valence-electron chi connectivity index (χ2n) is 3.89. The van der Waals surface area contributed by atoms with Crippen LogP contribution in [0.25, 0.3) is 16.7 Å². The maximum absolute atomic E-state index is 5.99. The molecular weight excluding hydrogens is 314 g/mol. The van der Waals surface area contributed by atoms with Crippen molar-refractivity contribution in [1.82, 2.24) is 9.55 Å². The van der Waals surface area contributed by atoms with Crippen LogP contribution in [0.1, 0.15) is 0 Å². The van der Waals surface area contributed by atoms with Crippen molar-refractivity contribution < 1.29 is 0 Å². The quantitative estimate of drug-likeness (QED) is 0.735. The Labute approximate surface area is 117 Å². The molecule has 1 heterocycles. The number of halogens is 2. The molecular formula is C13H9BrClN3. The van der Waals surface area contributed by atoms with Crippen molar-refractivity contribution in [2.24, 2.45) is 0 Å². The van der Waals surface area contributed by atoms with Gasteiger partial charge in [-0.2, -0.15) is 0 Å². The minimum absolute atomic E-state index is 0.444. The van der Waals surface area contributed by atoms with Crippen LogP contribution in [0.5, 0.6) is 0 Å². The van der Waals surface area contributed by atoms with Crippen LogP contribution in [-0.2, 0) is 0 Å². The van der Waals surface area contributed by atoms with E-state index in [4.69, 9.17) is 17.3 Å². The summed E-state index contributed by atoms with van der Waals surface area (Å²) in [5, 5.41) is 0.652. The smallest absolute Gasteiger partial charge is 0.205 e. The Morgan fingerprint density at radius 1 is 1.17 bits per heavy atom. The summed E-state index contributed by atoms with van der Waals surface area (Å²) in [4.78, 5) is 4.33. The van der Waals surface area contributed by atoms with Crippen LogP contribution < -0.4 is 5.73 Å². The average molecular weight is 323 g/mol. The lowest BCUT2D eigenvalue weighted by molar-refractivity contribution is 1.10. The molecule has 0 amide bonds. The summed E-state index contributed by atoms with van der Waals surface area (Å²) in [6.45, 7) is 0. The maximum atomic E-state index is 5.99. The minimum Gasteiger partial charge on any atom is -0.369 e. The van der Waals surface area contributed by atoms with Gasteiger partial charge in [0.15, 0.2) is 0 Å². The number of fused-ring (bicyclic) bond motifs is 1. The number of hydrogen-bond donors (Lipinski definition) is 1. The van der Waals surface area contributed by atoms with E-state index in [1.807, 2.05) is 41.0 Å². The highest BCUT2D eigenvalue weighted by Crippen LogP contribution is 2.29. The summed E-state index contributed by atoms with van der Waals surface area (Å²) >= 11 is 9.48. The minimum atomic E-state index is 0.444. The summed E-state index contributed by atoms with van der Waals surface area (Å²) in [6, 6.07) is 13.4. The summed E-state index contributed by atoms with van der Waals surface area (Å²) in [5.41, 5.74) is 8.67. The first-order valence-electron chi connectivity index (χ1n) is 5.35. The van der Waals surface area contributed by atoms with Gasteiger partial charge in [-0.3, -0.25) is 4.57 Å². The fourth-order valence-corrected chi connectivity index (χ4v) is 2.59. The Hall–Kier alpha value is -1.52. The predicted molar refractivity (Wildman–Crippen MR) is 78.2 cm³/mol. The lowest BCUT2D eigenvalue weighted by Crippen LogP contribution is -2.01. The molecule has 0 aliphatic rings. The molecule has 0 aliphatic carbocycles. The van der Waals surface area contributed by atoms with Crippen LogP contribution in [0.3, 0.4) is 0 Å². The number of anilines is 1. The van der Waals surface area contributed by atoms with Crippen LogP contribution in [0.4, 0.5) is 5.95 Å². The van der Waals surface area contributed by atoms with Gasteiger partial charge < -0.3 is 5.73 Å². The Balaban J connectivity index is 2.36. The molecule has 3 nitrogen and oxygen atoms in total. The van der Waals surface area contributed by atoms with Gasteiger partial charge in [0.2, 0.25) is 5.95 Å². The van der Waals surface area contributed by atoms with Crippen molar-refractivity contribution in [2.75, 3.05) is 5.73 Å². The molecule has 0 saturated heterocycles. The highest BCUT2D eigenvalue weighted by molar-refractivity contribution is 9.10. The number of aromatic nitrogens is 2. The molecule has 3 rings (SSSR count). The zero-order valence-corrected chi connectivity index (χ0v) is 11.6. The van der Waals surface area contributed by atoms with E-state index in [1.165, 1.54) is 0 Å². The molecule has 0 atom stereocenters. The van der Waals surface area contributed by atoms with E-state index in [1.54, 1.807) is 6.07 Å². The molecule has 2 N–H and O–H groups in total. The zero-order chi connectivity index (χ0) is 12.7.